The molecule has 2 amide bonds. The topological polar surface area (TPSA) is 59.1 Å². The van der Waals surface area contributed by atoms with Gasteiger partial charge >= 0.3 is 0 Å². The Balaban J connectivity index is 1.37. The van der Waals surface area contributed by atoms with Crippen molar-refractivity contribution in [1.29, 1.82) is 0 Å². The van der Waals surface area contributed by atoms with Crippen LogP contribution in [0.5, 0.6) is 11.5 Å². The van der Waals surface area contributed by atoms with E-state index in [4.69, 9.17) is 9.47 Å². The van der Waals surface area contributed by atoms with Crippen LogP contribution in [0.25, 0.3) is 0 Å². The first kappa shape index (κ1) is 14.4. The summed E-state index contributed by atoms with van der Waals surface area (Å²) in [5.41, 5.74) is 1.15. The van der Waals surface area contributed by atoms with E-state index < -0.39 is 0 Å². The Hall–Kier alpha value is -2.24. The van der Waals surface area contributed by atoms with Crippen LogP contribution in [0.3, 0.4) is 0 Å². The Kier molecular flexibility index (Phi) is 3.39. The first-order valence-electron chi connectivity index (χ1n) is 8.07. The monoisotopic (exact) mass is 316 g/mol. The highest BCUT2D eigenvalue weighted by Crippen LogP contribution is 2.50. The van der Waals surface area contributed by atoms with Gasteiger partial charge in [0.25, 0.3) is 0 Å². The van der Waals surface area contributed by atoms with E-state index in [-0.39, 0.29) is 30.4 Å². The number of piperazine rings is 1. The van der Waals surface area contributed by atoms with Crippen LogP contribution in [0.2, 0.25) is 0 Å². The minimum Gasteiger partial charge on any atom is -0.454 e. The zero-order valence-electron chi connectivity index (χ0n) is 13.2. The Morgan fingerprint density at radius 1 is 1.04 bits per heavy atom. The molecule has 6 heteroatoms. The number of ether oxygens (including phenoxy) is 2. The lowest BCUT2D eigenvalue weighted by molar-refractivity contribution is -0.139. The molecule has 1 aromatic carbocycles. The molecule has 2 unspecified atom stereocenters. The minimum atomic E-state index is 0.0687. The molecule has 1 aromatic rings. The molecule has 0 radical (unpaired) electrons. The number of benzene rings is 1. The van der Waals surface area contributed by atoms with Crippen molar-refractivity contribution in [2.75, 3.05) is 33.0 Å². The van der Waals surface area contributed by atoms with Crippen molar-refractivity contribution < 1.29 is 19.1 Å². The van der Waals surface area contributed by atoms with E-state index in [1.807, 2.05) is 23.1 Å². The van der Waals surface area contributed by atoms with Crippen molar-refractivity contribution in [2.45, 2.75) is 19.3 Å². The Bertz CT molecular complexity index is 652. The second kappa shape index (κ2) is 5.44. The molecule has 0 spiro atoms. The maximum Gasteiger partial charge on any atom is 0.231 e. The molecule has 0 N–H and O–H groups in total. The second-order valence-electron chi connectivity index (χ2n) is 6.39. The van der Waals surface area contributed by atoms with E-state index in [2.05, 4.69) is 0 Å². The highest BCUT2D eigenvalue weighted by Gasteiger charge is 2.46. The maximum absolute atomic E-state index is 12.6. The van der Waals surface area contributed by atoms with Crippen molar-refractivity contribution in [3.63, 3.8) is 0 Å². The standard InChI is InChI=1S/C17H20N2O4/c1-11(20)18-4-6-19(7-5-18)17(21)14-9-13(14)12-2-3-15-16(8-12)23-10-22-15/h2-3,8,13-14H,4-7,9-10H2,1H3. The highest BCUT2D eigenvalue weighted by atomic mass is 16.7. The number of hydrogen-bond acceptors (Lipinski definition) is 4. The molecule has 1 aliphatic carbocycles. The molecular formula is C17H20N2O4. The normalized spacial score (nSPS) is 25.4. The average molecular weight is 316 g/mol. The molecule has 2 fully saturated rings. The minimum absolute atomic E-state index is 0.0687. The zero-order chi connectivity index (χ0) is 16.0. The van der Waals surface area contributed by atoms with Gasteiger partial charge in [-0.1, -0.05) is 6.07 Å². The van der Waals surface area contributed by atoms with Crippen LogP contribution in [-0.4, -0.2) is 54.6 Å². The van der Waals surface area contributed by atoms with Crippen molar-refractivity contribution >= 4 is 11.8 Å². The van der Waals surface area contributed by atoms with Gasteiger partial charge in [-0.2, -0.15) is 0 Å². The summed E-state index contributed by atoms with van der Waals surface area (Å²) in [7, 11) is 0. The first-order chi connectivity index (χ1) is 11.1. The van der Waals surface area contributed by atoms with Crippen LogP contribution in [-0.2, 0) is 9.59 Å². The molecule has 0 aromatic heterocycles. The van der Waals surface area contributed by atoms with E-state index in [9.17, 15) is 9.59 Å². The molecule has 0 bridgehead atoms. The van der Waals surface area contributed by atoms with Crippen LogP contribution in [0.4, 0.5) is 0 Å². The third-order valence-corrected chi connectivity index (χ3v) is 4.97. The second-order valence-corrected chi connectivity index (χ2v) is 6.39. The lowest BCUT2D eigenvalue weighted by atomic mass is 10.1. The lowest BCUT2D eigenvalue weighted by Gasteiger charge is -2.34. The molecule has 122 valence electrons. The van der Waals surface area contributed by atoms with Gasteiger partial charge in [0.05, 0.1) is 0 Å². The summed E-state index contributed by atoms with van der Waals surface area (Å²) in [4.78, 5) is 27.7. The molecule has 4 rings (SSSR count). The van der Waals surface area contributed by atoms with Crippen LogP contribution in [0.1, 0.15) is 24.8 Å². The number of rotatable bonds is 2. The van der Waals surface area contributed by atoms with E-state index in [1.165, 1.54) is 0 Å². The number of carbonyl (C=O) groups is 2. The number of fused-ring (bicyclic) bond motifs is 1. The summed E-state index contributed by atoms with van der Waals surface area (Å²) in [5.74, 6) is 2.20. The maximum atomic E-state index is 12.6. The largest absolute Gasteiger partial charge is 0.454 e. The van der Waals surface area contributed by atoms with Crippen LogP contribution in [0, 0.1) is 5.92 Å². The van der Waals surface area contributed by atoms with Crippen molar-refractivity contribution in [2.24, 2.45) is 5.92 Å². The van der Waals surface area contributed by atoms with Gasteiger partial charge in [-0.25, -0.2) is 0 Å². The van der Waals surface area contributed by atoms with Gasteiger partial charge < -0.3 is 19.3 Å². The van der Waals surface area contributed by atoms with Gasteiger partial charge in [-0.3, -0.25) is 9.59 Å². The SMILES string of the molecule is CC(=O)N1CCN(C(=O)C2CC2c2ccc3c(c2)OCO3)CC1. The number of amides is 2. The molecule has 3 aliphatic rings. The Morgan fingerprint density at radius 3 is 2.48 bits per heavy atom. The van der Waals surface area contributed by atoms with E-state index in [0.717, 1.165) is 23.5 Å². The van der Waals surface area contributed by atoms with Crippen LogP contribution < -0.4 is 9.47 Å². The fraction of sp³-hybridized carbons (Fsp3) is 0.529. The smallest absolute Gasteiger partial charge is 0.231 e. The van der Waals surface area contributed by atoms with Gasteiger partial charge in [0.15, 0.2) is 11.5 Å². The number of hydrogen-bond donors (Lipinski definition) is 0. The predicted molar refractivity (Wildman–Crippen MR) is 82.2 cm³/mol. The zero-order valence-corrected chi connectivity index (χ0v) is 13.2. The van der Waals surface area contributed by atoms with Crippen LogP contribution in [0.15, 0.2) is 18.2 Å². The third kappa shape index (κ3) is 2.62. The number of nitrogens with zero attached hydrogens (tertiary/aromatic N) is 2. The van der Waals surface area contributed by atoms with Crippen molar-refractivity contribution in [3.05, 3.63) is 23.8 Å². The summed E-state index contributed by atoms with van der Waals surface area (Å²) in [6.45, 7) is 4.41. The van der Waals surface area contributed by atoms with Crippen LogP contribution >= 0.6 is 0 Å². The van der Waals surface area contributed by atoms with Gasteiger partial charge in [-0.15, -0.1) is 0 Å². The molecule has 2 atom stereocenters. The van der Waals surface area contributed by atoms with E-state index in [1.54, 1.807) is 11.8 Å². The predicted octanol–water partition coefficient (Wildman–Crippen LogP) is 1.21. The van der Waals surface area contributed by atoms with Crippen molar-refractivity contribution in [3.8, 4) is 11.5 Å². The fourth-order valence-electron chi connectivity index (χ4n) is 3.46. The molecule has 2 aliphatic heterocycles. The first-order valence-corrected chi connectivity index (χ1v) is 8.07. The van der Waals surface area contributed by atoms with E-state index in [0.29, 0.717) is 26.2 Å². The quantitative estimate of drug-likeness (QED) is 0.823. The summed E-state index contributed by atoms with van der Waals surface area (Å²) in [5, 5.41) is 0. The molecule has 6 nitrogen and oxygen atoms in total. The summed E-state index contributed by atoms with van der Waals surface area (Å²) >= 11 is 0. The third-order valence-electron chi connectivity index (χ3n) is 4.97. The Morgan fingerprint density at radius 2 is 1.74 bits per heavy atom. The molecule has 1 saturated heterocycles. The van der Waals surface area contributed by atoms with Gasteiger partial charge in [0.2, 0.25) is 18.6 Å². The van der Waals surface area contributed by atoms with Gasteiger partial charge in [0, 0.05) is 39.0 Å². The molecule has 1 saturated carbocycles. The van der Waals surface area contributed by atoms with Gasteiger partial charge in [0.1, 0.15) is 0 Å². The molecule has 2 heterocycles. The molecular weight excluding hydrogens is 296 g/mol. The highest BCUT2D eigenvalue weighted by molar-refractivity contribution is 5.83. The van der Waals surface area contributed by atoms with Gasteiger partial charge in [-0.05, 0) is 30.0 Å². The fourth-order valence-corrected chi connectivity index (χ4v) is 3.46. The summed E-state index contributed by atoms with van der Waals surface area (Å²) < 4.78 is 10.7. The van der Waals surface area contributed by atoms with Crippen molar-refractivity contribution in [1.82, 2.24) is 9.80 Å². The number of carbonyl (C=O) groups excluding carboxylic acids is 2. The van der Waals surface area contributed by atoms with E-state index >= 15 is 0 Å². The Labute approximate surface area is 134 Å². The molecule has 23 heavy (non-hydrogen) atoms. The summed E-state index contributed by atoms with van der Waals surface area (Å²) in [6, 6.07) is 5.94. The summed E-state index contributed by atoms with van der Waals surface area (Å²) in [6.07, 6.45) is 0.894. The lowest BCUT2D eigenvalue weighted by Crippen LogP contribution is -2.50. The average Bonchev–Trinajstić information content (AvgIpc) is 3.23.